The van der Waals surface area contributed by atoms with Gasteiger partial charge in [-0.1, -0.05) is 39.3 Å². The molecule has 3 saturated carbocycles. The van der Waals surface area contributed by atoms with Gasteiger partial charge in [0.25, 0.3) is 0 Å². The molecule has 1 spiro atoms. The third-order valence-corrected chi connectivity index (χ3v) is 17.4. The summed E-state index contributed by atoms with van der Waals surface area (Å²) in [6.45, 7) is 15.0. The fourth-order valence-corrected chi connectivity index (χ4v) is 14.2. The molecule has 7 fully saturated rings. The standard InChI is InChI=1S/C41H64O17S.Na/c1-19-27(43)29(45)30(46)32(53-19)55-31-28(44)22(58-59(49,50)51)18-52-33(31)54-25-12-14-37(6)21-17-24(42)41-34(47)57-39(8,26-11-13-35(2,3)56-26)40(41,48)16-15-38(41,7)20(21)9-10-23(37)36(25,4)5;/h17,19-20,22-33,42-46,48H,9-16,18H2,1-8H3,(H,49,50,51);/q;+1/p-1/t19-,20-,22-,23+,24+,25+,26+,27-,28+,29+,30-,31-,32+,33+,37-,38+,39+,40+,41-;/m1./s1. The normalized spacial score (nSPS) is 53.2. The Bertz CT molecular complexity index is 1830. The maximum absolute atomic E-state index is 14.5. The van der Waals surface area contributed by atoms with E-state index in [0.29, 0.717) is 38.5 Å². The Morgan fingerprint density at radius 1 is 0.833 bits per heavy atom. The second kappa shape index (κ2) is 15.4. The van der Waals surface area contributed by atoms with Crippen LogP contribution >= 0.6 is 0 Å². The SMILES string of the molecule is C[C@H]1O[C@@H](O[C@H]2[C@H](O[C@H]3CC[C@]4(C)C5=C[C@H](O)[C@]67C(=O)O[C@@](C)([C@@H]8CCC(C)(C)O8)[C@@]6(O)CC[C@@]7(C)[C@@H]5CC[C@H]4C3(C)C)OC[C@@H](OS(=O)(=O)[O-])[C@@H]2O)[C@H](O)[C@@H](O)[C@@H]1O.[Na+]. The number of cyclic esters (lactones) is 1. The first-order valence-electron chi connectivity index (χ1n) is 21.2. The molecule has 0 amide bonds. The minimum Gasteiger partial charge on any atom is -0.726 e. The molecule has 0 aromatic heterocycles. The molecule has 0 aromatic rings. The molecule has 0 bridgehead atoms. The Balaban J connectivity index is 0.00000544. The van der Waals surface area contributed by atoms with Crippen molar-refractivity contribution in [2.45, 2.75) is 197 Å². The maximum Gasteiger partial charge on any atom is 1.00 e. The number of esters is 1. The molecular formula is C41H63NaO17S. The molecule has 0 aromatic carbocycles. The van der Waals surface area contributed by atoms with E-state index in [9.17, 15) is 48.4 Å². The number of carbonyl (C=O) groups is 1. The number of allylic oxidation sites excluding steroid dienone is 1. The van der Waals surface area contributed by atoms with E-state index in [1.165, 1.54) is 6.92 Å². The zero-order valence-electron chi connectivity index (χ0n) is 36.1. The van der Waals surface area contributed by atoms with E-state index in [4.69, 9.17) is 28.4 Å². The van der Waals surface area contributed by atoms with Crippen molar-refractivity contribution in [3.8, 4) is 0 Å². The van der Waals surface area contributed by atoms with Crippen molar-refractivity contribution in [1.82, 2.24) is 0 Å². The first-order valence-corrected chi connectivity index (χ1v) is 22.5. The summed E-state index contributed by atoms with van der Waals surface area (Å²) in [5, 5.41) is 68.1. The number of aliphatic hydroxyl groups is 6. The van der Waals surface area contributed by atoms with Crippen LogP contribution in [0.2, 0.25) is 0 Å². The van der Waals surface area contributed by atoms with Gasteiger partial charge in [0, 0.05) is 0 Å². The van der Waals surface area contributed by atoms with Gasteiger partial charge in [-0.3, -0.25) is 8.98 Å². The Hall–Kier alpha value is -0.360. The van der Waals surface area contributed by atoms with Crippen molar-refractivity contribution in [2.75, 3.05) is 6.61 Å². The number of fused-ring (bicyclic) bond motifs is 4. The molecule has 19 heteroatoms. The number of ether oxygens (including phenoxy) is 6. The molecule has 0 unspecified atom stereocenters. The molecule has 336 valence electrons. The van der Waals surface area contributed by atoms with Gasteiger partial charge in [-0.25, -0.2) is 8.42 Å². The summed E-state index contributed by atoms with van der Waals surface area (Å²) in [5.41, 5.74) is -5.93. The van der Waals surface area contributed by atoms with Crippen LogP contribution in [-0.2, 0) is 47.8 Å². The van der Waals surface area contributed by atoms with Gasteiger partial charge >= 0.3 is 35.5 Å². The van der Waals surface area contributed by atoms with Gasteiger partial charge in [0.2, 0.25) is 10.4 Å². The number of hydrogen-bond donors (Lipinski definition) is 6. The monoisotopic (exact) mass is 882 g/mol. The van der Waals surface area contributed by atoms with Crippen LogP contribution in [-0.4, -0.2) is 147 Å². The van der Waals surface area contributed by atoms with E-state index in [0.717, 1.165) is 12.0 Å². The van der Waals surface area contributed by atoms with Crippen LogP contribution < -0.4 is 29.6 Å². The van der Waals surface area contributed by atoms with Gasteiger partial charge in [0.05, 0.1) is 30.5 Å². The Morgan fingerprint density at radius 2 is 1.52 bits per heavy atom. The molecule has 17 nitrogen and oxygen atoms in total. The van der Waals surface area contributed by atoms with Crippen molar-refractivity contribution in [3.63, 3.8) is 0 Å². The van der Waals surface area contributed by atoms with Crippen molar-refractivity contribution >= 4 is 16.4 Å². The van der Waals surface area contributed by atoms with Crippen molar-refractivity contribution in [1.29, 1.82) is 0 Å². The van der Waals surface area contributed by atoms with Gasteiger partial charge in [-0.15, -0.1) is 0 Å². The quantitative estimate of drug-likeness (QED) is 0.0407. The maximum atomic E-state index is 14.5. The molecule has 4 saturated heterocycles. The molecule has 4 aliphatic heterocycles. The van der Waals surface area contributed by atoms with Gasteiger partial charge < -0.3 is 63.6 Å². The molecule has 19 atom stereocenters. The summed E-state index contributed by atoms with van der Waals surface area (Å²) in [7, 11) is -5.29. The van der Waals surface area contributed by atoms with E-state index >= 15 is 0 Å². The van der Waals surface area contributed by atoms with Crippen LogP contribution in [0.15, 0.2) is 11.6 Å². The molecule has 8 aliphatic rings. The predicted octanol–water partition coefficient (Wildman–Crippen LogP) is -1.90. The zero-order valence-corrected chi connectivity index (χ0v) is 38.9. The molecule has 4 aliphatic carbocycles. The minimum absolute atomic E-state index is 0. The minimum atomic E-state index is -5.29. The number of carbonyl (C=O) groups excluding carboxylic acids is 1. The Labute approximate surface area is 374 Å². The van der Waals surface area contributed by atoms with Crippen LogP contribution in [0.25, 0.3) is 0 Å². The third kappa shape index (κ3) is 6.66. The summed E-state index contributed by atoms with van der Waals surface area (Å²) in [5.74, 6) is -0.763. The second-order valence-electron chi connectivity index (χ2n) is 20.7. The van der Waals surface area contributed by atoms with Gasteiger partial charge in [0.1, 0.15) is 53.7 Å². The summed E-state index contributed by atoms with van der Waals surface area (Å²) in [4.78, 5) is 14.5. The molecular weight excluding hydrogens is 819 g/mol. The second-order valence-corrected chi connectivity index (χ2v) is 21.7. The van der Waals surface area contributed by atoms with Crippen LogP contribution in [0.3, 0.4) is 0 Å². The van der Waals surface area contributed by atoms with Crippen LogP contribution in [0.4, 0.5) is 0 Å². The predicted molar refractivity (Wildman–Crippen MR) is 201 cm³/mol. The zero-order chi connectivity index (χ0) is 43.3. The van der Waals surface area contributed by atoms with E-state index in [2.05, 4.69) is 25.0 Å². The van der Waals surface area contributed by atoms with E-state index in [1.807, 2.05) is 26.8 Å². The van der Waals surface area contributed by atoms with E-state index in [-0.39, 0.29) is 47.8 Å². The Morgan fingerprint density at radius 3 is 2.15 bits per heavy atom. The third-order valence-electron chi connectivity index (χ3n) is 16.9. The van der Waals surface area contributed by atoms with Crippen LogP contribution in [0, 0.1) is 33.5 Å². The largest absolute Gasteiger partial charge is 1.00 e. The van der Waals surface area contributed by atoms with Crippen molar-refractivity contribution < 1.29 is 111 Å². The summed E-state index contributed by atoms with van der Waals surface area (Å²) in [6.07, 6.45) is -10.0. The summed E-state index contributed by atoms with van der Waals surface area (Å²) < 4.78 is 76.1. The smallest absolute Gasteiger partial charge is 0.726 e. The van der Waals surface area contributed by atoms with Gasteiger partial charge in [-0.2, -0.15) is 0 Å². The van der Waals surface area contributed by atoms with Gasteiger partial charge in [-0.05, 0) is 107 Å². The first kappa shape index (κ1) is 47.6. The van der Waals surface area contributed by atoms with Crippen molar-refractivity contribution in [2.24, 2.45) is 33.5 Å². The summed E-state index contributed by atoms with van der Waals surface area (Å²) >= 11 is 0. The number of hydrogen-bond acceptors (Lipinski definition) is 17. The molecule has 8 rings (SSSR count). The molecule has 6 N–H and O–H groups in total. The van der Waals surface area contributed by atoms with Gasteiger partial charge in [0.15, 0.2) is 18.2 Å². The summed E-state index contributed by atoms with van der Waals surface area (Å²) in [6, 6.07) is 0. The first-order chi connectivity index (χ1) is 27.2. The van der Waals surface area contributed by atoms with Crippen LogP contribution in [0.1, 0.15) is 107 Å². The number of rotatable bonds is 7. The topological polar surface area (TPSA) is 260 Å². The molecule has 60 heavy (non-hydrogen) atoms. The molecule has 4 heterocycles. The van der Waals surface area contributed by atoms with E-state index < -0.39 is 135 Å². The van der Waals surface area contributed by atoms with E-state index in [1.54, 1.807) is 6.92 Å². The average molecular weight is 883 g/mol. The van der Waals surface area contributed by atoms with Crippen molar-refractivity contribution in [3.05, 3.63) is 11.6 Å². The average Bonchev–Trinajstić information content (AvgIpc) is 3.70. The molecule has 0 radical (unpaired) electrons. The fraction of sp³-hybridized carbons (Fsp3) is 0.927. The fourth-order valence-electron chi connectivity index (χ4n) is 13.7. The van der Waals surface area contributed by atoms with Crippen LogP contribution in [0.5, 0.6) is 0 Å². The number of aliphatic hydroxyl groups excluding tert-OH is 5. The Kier molecular flexibility index (Phi) is 12.2.